The third-order valence-electron chi connectivity index (χ3n) is 5.87. The summed E-state index contributed by atoms with van der Waals surface area (Å²) < 4.78 is 15.2. The Balaban J connectivity index is 1.74. The Kier molecular flexibility index (Phi) is 5.81. The van der Waals surface area contributed by atoms with Gasteiger partial charge in [0.15, 0.2) is 0 Å². The molecule has 0 aliphatic carbocycles. The average Bonchev–Trinajstić information content (AvgIpc) is 3.08. The summed E-state index contributed by atoms with van der Waals surface area (Å²) >= 11 is 0. The van der Waals surface area contributed by atoms with E-state index in [9.17, 15) is 9.18 Å². The van der Waals surface area contributed by atoms with E-state index in [4.69, 9.17) is 0 Å². The van der Waals surface area contributed by atoms with Crippen LogP contribution in [0.5, 0.6) is 0 Å². The number of fused-ring (bicyclic) bond motifs is 1. The molecular weight excluding hydrogens is 387 g/mol. The lowest BCUT2D eigenvalue weighted by atomic mass is 9.99. The van der Waals surface area contributed by atoms with Crippen molar-refractivity contribution in [2.45, 2.75) is 33.1 Å². The Morgan fingerprint density at radius 1 is 1.06 bits per heavy atom. The SMILES string of the molecule is CCC(C)c1ccc(N=Cc2c(C)c(C(=O)c3ccc(F)cc3)n3ccccc23)cc1. The Morgan fingerprint density at radius 2 is 1.77 bits per heavy atom. The number of ketones is 1. The standard InChI is InChI=1S/C27H25FN2O/c1-4-18(2)20-10-14-23(15-11-20)29-17-24-19(3)26(30-16-6-5-7-25(24)30)27(31)21-8-12-22(28)13-9-21/h5-18H,4H2,1-3H3. The van der Waals surface area contributed by atoms with Crippen molar-refractivity contribution in [2.24, 2.45) is 4.99 Å². The van der Waals surface area contributed by atoms with Crippen molar-refractivity contribution >= 4 is 23.2 Å². The molecular formula is C27H25FN2O. The quantitative estimate of drug-likeness (QED) is 0.251. The van der Waals surface area contributed by atoms with Gasteiger partial charge in [0.05, 0.1) is 16.9 Å². The maximum atomic E-state index is 13.3. The van der Waals surface area contributed by atoms with Gasteiger partial charge in [-0.3, -0.25) is 9.79 Å². The summed E-state index contributed by atoms with van der Waals surface area (Å²) in [6, 6.07) is 19.8. The van der Waals surface area contributed by atoms with Crippen molar-refractivity contribution in [1.29, 1.82) is 0 Å². The molecule has 0 aliphatic rings. The molecule has 0 bridgehead atoms. The molecule has 0 amide bonds. The van der Waals surface area contributed by atoms with Gasteiger partial charge in [-0.25, -0.2) is 4.39 Å². The molecule has 0 saturated carbocycles. The number of halogens is 1. The highest BCUT2D eigenvalue weighted by Crippen LogP contribution is 2.26. The first-order valence-electron chi connectivity index (χ1n) is 10.5. The van der Waals surface area contributed by atoms with E-state index >= 15 is 0 Å². The van der Waals surface area contributed by atoms with Gasteiger partial charge in [0.25, 0.3) is 0 Å². The van der Waals surface area contributed by atoms with Crippen molar-refractivity contribution < 1.29 is 9.18 Å². The molecule has 1 atom stereocenters. The van der Waals surface area contributed by atoms with Crippen LogP contribution in [0.15, 0.2) is 77.9 Å². The number of benzene rings is 2. The fourth-order valence-electron chi connectivity index (χ4n) is 3.80. The number of nitrogens with zero attached hydrogens (tertiary/aromatic N) is 2. The van der Waals surface area contributed by atoms with Crippen LogP contribution in [-0.2, 0) is 0 Å². The molecule has 0 spiro atoms. The van der Waals surface area contributed by atoms with E-state index in [-0.39, 0.29) is 11.6 Å². The number of aromatic nitrogens is 1. The molecule has 31 heavy (non-hydrogen) atoms. The molecule has 4 aromatic rings. The summed E-state index contributed by atoms with van der Waals surface area (Å²) in [4.78, 5) is 17.9. The summed E-state index contributed by atoms with van der Waals surface area (Å²) in [5.41, 5.74) is 5.85. The first-order valence-corrected chi connectivity index (χ1v) is 10.5. The fraction of sp³-hybridized carbons (Fsp3) is 0.185. The molecule has 0 saturated heterocycles. The van der Waals surface area contributed by atoms with Crippen molar-refractivity contribution in [1.82, 2.24) is 4.40 Å². The van der Waals surface area contributed by atoms with Crippen LogP contribution in [0.3, 0.4) is 0 Å². The third-order valence-corrected chi connectivity index (χ3v) is 5.87. The number of aliphatic imine (C=N–C) groups is 1. The number of carbonyl (C=O) groups excluding carboxylic acids is 1. The summed E-state index contributed by atoms with van der Waals surface area (Å²) in [7, 11) is 0. The highest BCUT2D eigenvalue weighted by Gasteiger charge is 2.20. The van der Waals surface area contributed by atoms with E-state index in [1.165, 1.54) is 29.8 Å². The van der Waals surface area contributed by atoms with Crippen LogP contribution in [0.4, 0.5) is 10.1 Å². The predicted octanol–water partition coefficient (Wildman–Crippen LogP) is 6.88. The molecule has 0 N–H and O–H groups in total. The Morgan fingerprint density at radius 3 is 2.45 bits per heavy atom. The third kappa shape index (κ3) is 4.06. The Hall–Kier alpha value is -3.53. The average molecular weight is 413 g/mol. The minimum Gasteiger partial charge on any atom is -0.313 e. The second-order valence-electron chi connectivity index (χ2n) is 7.84. The van der Waals surface area contributed by atoms with E-state index < -0.39 is 0 Å². The molecule has 0 radical (unpaired) electrons. The molecule has 0 fully saturated rings. The van der Waals surface area contributed by atoms with Gasteiger partial charge in [-0.15, -0.1) is 0 Å². The van der Waals surface area contributed by atoms with Crippen molar-refractivity contribution in [3.8, 4) is 0 Å². The monoisotopic (exact) mass is 412 g/mol. The molecule has 2 aromatic carbocycles. The van der Waals surface area contributed by atoms with Crippen LogP contribution in [0.2, 0.25) is 0 Å². The maximum absolute atomic E-state index is 13.3. The Labute approximate surface area is 181 Å². The van der Waals surface area contributed by atoms with Gasteiger partial charge < -0.3 is 4.40 Å². The van der Waals surface area contributed by atoms with Crippen molar-refractivity contribution in [2.75, 3.05) is 0 Å². The number of hydrogen-bond donors (Lipinski definition) is 0. The molecule has 0 aliphatic heterocycles. The predicted molar refractivity (Wildman–Crippen MR) is 124 cm³/mol. The lowest BCUT2D eigenvalue weighted by molar-refractivity contribution is 0.103. The van der Waals surface area contributed by atoms with Crippen molar-refractivity contribution in [3.05, 3.63) is 107 Å². The van der Waals surface area contributed by atoms with Crippen LogP contribution >= 0.6 is 0 Å². The summed E-state index contributed by atoms with van der Waals surface area (Å²) in [6.45, 7) is 6.33. The van der Waals surface area contributed by atoms with Crippen LogP contribution in [0, 0.1) is 12.7 Å². The van der Waals surface area contributed by atoms with E-state index in [2.05, 4.69) is 31.0 Å². The molecule has 156 valence electrons. The van der Waals surface area contributed by atoms with Gasteiger partial charge in [0.1, 0.15) is 5.82 Å². The number of carbonyl (C=O) groups is 1. The van der Waals surface area contributed by atoms with Gasteiger partial charge >= 0.3 is 0 Å². The molecule has 1 unspecified atom stereocenters. The summed E-state index contributed by atoms with van der Waals surface area (Å²) in [5, 5.41) is 0. The molecule has 2 heterocycles. The zero-order valence-electron chi connectivity index (χ0n) is 18.0. The second-order valence-corrected chi connectivity index (χ2v) is 7.84. The van der Waals surface area contributed by atoms with Gasteiger partial charge in [0.2, 0.25) is 5.78 Å². The van der Waals surface area contributed by atoms with Gasteiger partial charge in [-0.1, -0.05) is 32.0 Å². The van der Waals surface area contributed by atoms with Crippen LogP contribution in [0.1, 0.15) is 58.9 Å². The molecule has 4 rings (SSSR count). The topological polar surface area (TPSA) is 33.8 Å². The zero-order chi connectivity index (χ0) is 22.0. The summed E-state index contributed by atoms with van der Waals surface area (Å²) in [6.07, 6.45) is 4.80. The first kappa shape index (κ1) is 20.7. The highest BCUT2D eigenvalue weighted by atomic mass is 19.1. The van der Waals surface area contributed by atoms with E-state index in [0.717, 1.165) is 28.8 Å². The summed E-state index contributed by atoms with van der Waals surface area (Å²) in [5.74, 6) is 0.0208. The molecule has 3 nitrogen and oxygen atoms in total. The van der Waals surface area contributed by atoms with Gasteiger partial charge in [-0.2, -0.15) is 0 Å². The number of rotatable bonds is 6. The maximum Gasteiger partial charge on any atom is 0.210 e. The minimum absolute atomic E-state index is 0.142. The largest absolute Gasteiger partial charge is 0.313 e. The van der Waals surface area contributed by atoms with Gasteiger partial charge in [0, 0.05) is 23.5 Å². The first-order chi connectivity index (χ1) is 15.0. The lowest BCUT2D eigenvalue weighted by Crippen LogP contribution is -2.07. The Bertz CT molecular complexity index is 1250. The lowest BCUT2D eigenvalue weighted by Gasteiger charge is -2.08. The van der Waals surface area contributed by atoms with E-state index in [0.29, 0.717) is 17.2 Å². The highest BCUT2D eigenvalue weighted by molar-refractivity contribution is 6.12. The van der Waals surface area contributed by atoms with Crippen molar-refractivity contribution in [3.63, 3.8) is 0 Å². The smallest absolute Gasteiger partial charge is 0.210 e. The second kappa shape index (κ2) is 8.68. The normalized spacial score (nSPS) is 12.5. The zero-order valence-corrected chi connectivity index (χ0v) is 18.0. The van der Waals surface area contributed by atoms with Gasteiger partial charge in [-0.05, 0) is 78.9 Å². The van der Waals surface area contributed by atoms with Crippen LogP contribution in [0.25, 0.3) is 5.52 Å². The molecule has 4 heteroatoms. The number of pyridine rings is 1. The van der Waals surface area contributed by atoms with E-state index in [1.807, 2.05) is 54.1 Å². The van der Waals surface area contributed by atoms with Crippen LogP contribution in [-0.4, -0.2) is 16.4 Å². The minimum atomic E-state index is -0.361. The van der Waals surface area contributed by atoms with Crippen LogP contribution < -0.4 is 0 Å². The molecule has 2 aromatic heterocycles. The van der Waals surface area contributed by atoms with E-state index in [1.54, 1.807) is 0 Å². The fourth-order valence-corrected chi connectivity index (χ4v) is 3.80. The number of hydrogen-bond acceptors (Lipinski definition) is 2.